The number of hydrogen-bond donors (Lipinski definition) is 1. The summed E-state index contributed by atoms with van der Waals surface area (Å²) in [6.07, 6.45) is 7.77. The number of piperidine rings is 2. The van der Waals surface area contributed by atoms with Crippen LogP contribution < -0.4 is 0 Å². The Morgan fingerprint density at radius 3 is 2.33 bits per heavy atom. The van der Waals surface area contributed by atoms with Crippen molar-refractivity contribution < 1.29 is 5.11 Å². The Labute approximate surface area is 93.0 Å². The van der Waals surface area contributed by atoms with E-state index in [4.69, 9.17) is 0 Å². The Morgan fingerprint density at radius 2 is 1.87 bits per heavy atom. The van der Waals surface area contributed by atoms with Crippen molar-refractivity contribution in [3.8, 4) is 0 Å². The van der Waals surface area contributed by atoms with Gasteiger partial charge in [-0.15, -0.1) is 0 Å². The van der Waals surface area contributed by atoms with E-state index in [1.807, 2.05) is 6.92 Å². The number of rotatable bonds is 1. The average Bonchev–Trinajstić information content (AvgIpc) is 2.19. The molecule has 15 heavy (non-hydrogen) atoms. The molecule has 2 rings (SSSR count). The molecular weight excluding hydrogens is 186 g/mol. The topological polar surface area (TPSA) is 23.5 Å². The minimum absolute atomic E-state index is 0.517. The summed E-state index contributed by atoms with van der Waals surface area (Å²) in [7, 11) is 2.22. The summed E-state index contributed by atoms with van der Waals surface area (Å²) in [5.74, 6) is 0. The first-order valence-corrected chi connectivity index (χ1v) is 6.14. The summed E-state index contributed by atoms with van der Waals surface area (Å²) in [6.45, 7) is 4.10. The van der Waals surface area contributed by atoms with E-state index >= 15 is 0 Å². The van der Waals surface area contributed by atoms with Gasteiger partial charge in [0.15, 0.2) is 0 Å². The first-order chi connectivity index (χ1) is 7.07. The van der Waals surface area contributed by atoms with Gasteiger partial charge in [-0.3, -0.25) is 0 Å². The van der Waals surface area contributed by atoms with E-state index in [9.17, 15) is 5.11 Å². The minimum atomic E-state index is -0.517. The Bertz CT molecular complexity index is 258. The molecule has 86 valence electrons. The third-order valence-corrected chi connectivity index (χ3v) is 4.54. The van der Waals surface area contributed by atoms with E-state index in [0.717, 1.165) is 18.4 Å². The first kappa shape index (κ1) is 11.2. The summed E-state index contributed by atoms with van der Waals surface area (Å²) in [4.78, 5) is 2.49. The zero-order valence-corrected chi connectivity index (χ0v) is 10.2. The van der Waals surface area contributed by atoms with Gasteiger partial charge in [-0.05, 0) is 52.2 Å². The molecule has 0 amide bonds. The van der Waals surface area contributed by atoms with E-state index in [1.54, 1.807) is 0 Å². The fourth-order valence-electron chi connectivity index (χ4n) is 3.24. The normalized spacial score (nSPS) is 43.1. The number of aliphatic hydroxyl groups is 1. The standard InChI is InChI=1S/C13H23NO/c1-4-10(2)13(15)8-11-6-5-7-12(9-13)14(11)3/h4,11-12,15H,5-9H2,1-3H3. The molecule has 2 bridgehead atoms. The molecule has 2 heterocycles. The molecule has 2 nitrogen and oxygen atoms in total. The van der Waals surface area contributed by atoms with Gasteiger partial charge in [0.25, 0.3) is 0 Å². The van der Waals surface area contributed by atoms with Crippen molar-refractivity contribution in [3.63, 3.8) is 0 Å². The summed E-state index contributed by atoms with van der Waals surface area (Å²) in [5.41, 5.74) is 0.643. The van der Waals surface area contributed by atoms with Crippen molar-refractivity contribution in [3.05, 3.63) is 11.6 Å². The summed E-state index contributed by atoms with van der Waals surface area (Å²) in [5, 5.41) is 10.7. The minimum Gasteiger partial charge on any atom is -0.385 e. The number of hydrogen-bond acceptors (Lipinski definition) is 2. The van der Waals surface area contributed by atoms with Gasteiger partial charge in [0.05, 0.1) is 5.60 Å². The second kappa shape index (κ2) is 3.91. The maximum absolute atomic E-state index is 10.7. The van der Waals surface area contributed by atoms with E-state index in [-0.39, 0.29) is 0 Å². The van der Waals surface area contributed by atoms with Crippen LogP contribution in [0.5, 0.6) is 0 Å². The molecule has 0 aromatic carbocycles. The Kier molecular flexibility index (Phi) is 2.91. The lowest BCUT2D eigenvalue weighted by molar-refractivity contribution is -0.0604. The van der Waals surface area contributed by atoms with Crippen LogP contribution in [0.4, 0.5) is 0 Å². The van der Waals surface area contributed by atoms with Crippen LogP contribution in [0, 0.1) is 0 Å². The van der Waals surface area contributed by atoms with Crippen LogP contribution in [0.1, 0.15) is 46.0 Å². The highest BCUT2D eigenvalue weighted by atomic mass is 16.3. The molecule has 0 aliphatic carbocycles. The lowest BCUT2D eigenvalue weighted by atomic mass is 9.73. The fraction of sp³-hybridized carbons (Fsp3) is 0.846. The molecule has 1 N–H and O–H groups in total. The van der Waals surface area contributed by atoms with Crippen molar-refractivity contribution in [1.82, 2.24) is 4.90 Å². The van der Waals surface area contributed by atoms with Crippen molar-refractivity contribution >= 4 is 0 Å². The Balaban J connectivity index is 2.20. The zero-order valence-electron chi connectivity index (χ0n) is 10.2. The van der Waals surface area contributed by atoms with Crippen LogP contribution in [0.25, 0.3) is 0 Å². The van der Waals surface area contributed by atoms with Crippen molar-refractivity contribution in [2.75, 3.05) is 7.05 Å². The van der Waals surface area contributed by atoms with E-state index in [0.29, 0.717) is 12.1 Å². The molecule has 0 aromatic rings. The molecule has 0 saturated carbocycles. The van der Waals surface area contributed by atoms with Gasteiger partial charge in [0.1, 0.15) is 0 Å². The smallest absolute Gasteiger partial charge is 0.0883 e. The molecule has 2 fully saturated rings. The highest BCUT2D eigenvalue weighted by molar-refractivity contribution is 5.18. The van der Waals surface area contributed by atoms with Crippen LogP contribution in [-0.4, -0.2) is 34.7 Å². The summed E-state index contributed by atoms with van der Waals surface area (Å²) in [6, 6.07) is 1.19. The lowest BCUT2D eigenvalue weighted by Gasteiger charge is -2.51. The van der Waals surface area contributed by atoms with Gasteiger partial charge in [0, 0.05) is 12.1 Å². The molecule has 0 spiro atoms. The number of allylic oxidation sites excluding steroid dienone is 1. The SMILES string of the molecule is CC=C(C)C1(O)CC2CCCC(C1)N2C. The molecule has 2 saturated heterocycles. The maximum atomic E-state index is 10.7. The molecule has 0 aromatic heterocycles. The molecule has 2 aliphatic heterocycles. The molecule has 2 atom stereocenters. The van der Waals surface area contributed by atoms with E-state index < -0.39 is 5.60 Å². The first-order valence-electron chi connectivity index (χ1n) is 6.14. The van der Waals surface area contributed by atoms with Crippen LogP contribution in [0.3, 0.4) is 0 Å². The Hall–Kier alpha value is -0.340. The monoisotopic (exact) mass is 209 g/mol. The van der Waals surface area contributed by atoms with Crippen LogP contribution in [0.15, 0.2) is 11.6 Å². The lowest BCUT2D eigenvalue weighted by Crippen LogP contribution is -2.56. The maximum Gasteiger partial charge on any atom is 0.0883 e. The molecule has 2 heteroatoms. The summed E-state index contributed by atoms with van der Waals surface area (Å²) >= 11 is 0. The predicted molar refractivity (Wildman–Crippen MR) is 62.8 cm³/mol. The fourth-order valence-corrected chi connectivity index (χ4v) is 3.24. The Morgan fingerprint density at radius 1 is 1.33 bits per heavy atom. The zero-order chi connectivity index (χ0) is 11.1. The molecule has 2 unspecified atom stereocenters. The van der Waals surface area contributed by atoms with Gasteiger partial charge in [-0.25, -0.2) is 0 Å². The number of fused-ring (bicyclic) bond motifs is 2. The number of nitrogens with zero attached hydrogens (tertiary/aromatic N) is 1. The second-order valence-corrected chi connectivity index (χ2v) is 5.32. The predicted octanol–water partition coefficient (Wildman–Crippen LogP) is 2.33. The average molecular weight is 209 g/mol. The van der Waals surface area contributed by atoms with Gasteiger partial charge in [-0.2, -0.15) is 0 Å². The van der Waals surface area contributed by atoms with Gasteiger partial charge in [-0.1, -0.05) is 12.5 Å². The van der Waals surface area contributed by atoms with Gasteiger partial charge < -0.3 is 10.0 Å². The quantitative estimate of drug-likeness (QED) is 0.670. The van der Waals surface area contributed by atoms with E-state index in [1.165, 1.54) is 19.3 Å². The van der Waals surface area contributed by atoms with Crippen LogP contribution in [-0.2, 0) is 0 Å². The third-order valence-electron chi connectivity index (χ3n) is 4.54. The van der Waals surface area contributed by atoms with Crippen molar-refractivity contribution in [2.45, 2.75) is 63.6 Å². The highest BCUT2D eigenvalue weighted by Crippen LogP contribution is 2.41. The van der Waals surface area contributed by atoms with Crippen molar-refractivity contribution in [1.29, 1.82) is 0 Å². The van der Waals surface area contributed by atoms with E-state index in [2.05, 4.69) is 24.9 Å². The van der Waals surface area contributed by atoms with Gasteiger partial charge >= 0.3 is 0 Å². The molecular formula is C13H23NO. The van der Waals surface area contributed by atoms with Crippen molar-refractivity contribution in [2.24, 2.45) is 0 Å². The summed E-state index contributed by atoms with van der Waals surface area (Å²) < 4.78 is 0. The largest absolute Gasteiger partial charge is 0.385 e. The third kappa shape index (κ3) is 1.85. The highest BCUT2D eigenvalue weighted by Gasteiger charge is 2.44. The molecule has 0 radical (unpaired) electrons. The van der Waals surface area contributed by atoms with Crippen LogP contribution in [0.2, 0.25) is 0 Å². The second-order valence-electron chi connectivity index (χ2n) is 5.32. The molecule has 2 aliphatic rings. The van der Waals surface area contributed by atoms with Gasteiger partial charge in [0.2, 0.25) is 0 Å². The van der Waals surface area contributed by atoms with Crippen LogP contribution >= 0.6 is 0 Å².